The predicted octanol–water partition coefficient (Wildman–Crippen LogP) is 2.17. The van der Waals surface area contributed by atoms with E-state index in [1.165, 1.54) is 5.56 Å². The lowest BCUT2D eigenvalue weighted by molar-refractivity contribution is -0.125. The molecule has 0 saturated carbocycles. The van der Waals surface area contributed by atoms with Crippen molar-refractivity contribution in [2.45, 2.75) is 57.8 Å². The molecule has 1 aliphatic heterocycles. The summed E-state index contributed by atoms with van der Waals surface area (Å²) in [5.41, 5.74) is 1.25. The second kappa shape index (κ2) is 10.5. The maximum atomic E-state index is 12.7. The molecule has 2 atom stereocenters. The standard InChI is InChI=1S/C20H33N3O2/c1-4-17(5-2)22-18-13-19(20(24)21-11-12-25-3)23(15-18)14-16-9-7-6-8-10-16/h6-10,17-19,22H,4-5,11-15H2,1-3H3,(H,21,24)/t18-,19-/m0/s1. The molecule has 1 amide bonds. The van der Waals surface area contributed by atoms with Gasteiger partial charge in [0.15, 0.2) is 0 Å². The minimum absolute atomic E-state index is 0.0797. The van der Waals surface area contributed by atoms with Gasteiger partial charge in [0.1, 0.15) is 0 Å². The predicted molar refractivity (Wildman–Crippen MR) is 101 cm³/mol. The van der Waals surface area contributed by atoms with E-state index in [2.05, 4.69) is 53.6 Å². The van der Waals surface area contributed by atoms with Crippen LogP contribution >= 0.6 is 0 Å². The number of rotatable bonds is 10. The van der Waals surface area contributed by atoms with Crippen LogP contribution in [0.2, 0.25) is 0 Å². The van der Waals surface area contributed by atoms with E-state index >= 15 is 0 Å². The number of hydrogen-bond acceptors (Lipinski definition) is 4. The highest BCUT2D eigenvalue weighted by atomic mass is 16.5. The Morgan fingerprint density at radius 1 is 1.28 bits per heavy atom. The lowest BCUT2D eigenvalue weighted by Crippen LogP contribution is -2.43. The minimum Gasteiger partial charge on any atom is -0.383 e. The first-order chi connectivity index (χ1) is 12.2. The van der Waals surface area contributed by atoms with E-state index in [0.29, 0.717) is 25.2 Å². The number of carbonyl (C=O) groups is 1. The fourth-order valence-electron chi connectivity index (χ4n) is 3.54. The van der Waals surface area contributed by atoms with Crippen LogP contribution in [0.5, 0.6) is 0 Å². The summed E-state index contributed by atoms with van der Waals surface area (Å²) in [6, 6.07) is 11.2. The summed E-state index contributed by atoms with van der Waals surface area (Å²) in [7, 11) is 1.65. The van der Waals surface area contributed by atoms with E-state index in [1.54, 1.807) is 7.11 Å². The Morgan fingerprint density at radius 2 is 2.00 bits per heavy atom. The van der Waals surface area contributed by atoms with E-state index < -0.39 is 0 Å². The molecule has 5 heteroatoms. The number of ether oxygens (including phenoxy) is 1. The van der Waals surface area contributed by atoms with Crippen molar-refractivity contribution in [3.8, 4) is 0 Å². The van der Waals surface area contributed by atoms with Gasteiger partial charge in [-0.25, -0.2) is 0 Å². The van der Waals surface area contributed by atoms with Crippen LogP contribution in [0.25, 0.3) is 0 Å². The van der Waals surface area contributed by atoms with Gasteiger partial charge in [-0.3, -0.25) is 9.69 Å². The summed E-state index contributed by atoms with van der Waals surface area (Å²) < 4.78 is 5.04. The first kappa shape index (κ1) is 19.9. The van der Waals surface area contributed by atoms with Crippen LogP contribution in [0, 0.1) is 0 Å². The van der Waals surface area contributed by atoms with Crippen LogP contribution < -0.4 is 10.6 Å². The Morgan fingerprint density at radius 3 is 2.64 bits per heavy atom. The van der Waals surface area contributed by atoms with Crippen LogP contribution in [0.3, 0.4) is 0 Å². The summed E-state index contributed by atoms with van der Waals surface area (Å²) in [5, 5.41) is 6.75. The van der Waals surface area contributed by atoms with Crippen LogP contribution in [0.4, 0.5) is 0 Å². The second-order valence-electron chi connectivity index (χ2n) is 6.83. The van der Waals surface area contributed by atoms with E-state index in [4.69, 9.17) is 4.74 Å². The number of amides is 1. The van der Waals surface area contributed by atoms with Crippen LogP contribution in [-0.4, -0.2) is 55.7 Å². The number of methoxy groups -OCH3 is 1. The maximum Gasteiger partial charge on any atom is 0.237 e. The van der Waals surface area contributed by atoms with Gasteiger partial charge in [0, 0.05) is 38.8 Å². The third kappa shape index (κ3) is 6.10. The van der Waals surface area contributed by atoms with Crippen molar-refractivity contribution in [2.24, 2.45) is 0 Å². The van der Waals surface area contributed by atoms with Crippen LogP contribution in [-0.2, 0) is 16.1 Å². The quantitative estimate of drug-likeness (QED) is 0.637. The summed E-state index contributed by atoms with van der Waals surface area (Å²) in [6.45, 7) is 7.26. The molecule has 25 heavy (non-hydrogen) atoms. The highest BCUT2D eigenvalue weighted by Gasteiger charge is 2.36. The van der Waals surface area contributed by atoms with Gasteiger partial charge in [-0.15, -0.1) is 0 Å². The third-order valence-corrected chi connectivity index (χ3v) is 5.00. The van der Waals surface area contributed by atoms with Crippen molar-refractivity contribution in [1.82, 2.24) is 15.5 Å². The number of carbonyl (C=O) groups excluding carboxylic acids is 1. The molecule has 0 spiro atoms. The van der Waals surface area contributed by atoms with Gasteiger partial charge >= 0.3 is 0 Å². The van der Waals surface area contributed by atoms with Gasteiger partial charge < -0.3 is 15.4 Å². The van der Waals surface area contributed by atoms with Gasteiger partial charge in [-0.05, 0) is 24.8 Å². The van der Waals surface area contributed by atoms with E-state index in [0.717, 1.165) is 32.4 Å². The highest BCUT2D eigenvalue weighted by molar-refractivity contribution is 5.82. The molecule has 0 aliphatic carbocycles. The average Bonchev–Trinajstić information content (AvgIpc) is 3.03. The van der Waals surface area contributed by atoms with Gasteiger partial charge in [0.2, 0.25) is 5.91 Å². The van der Waals surface area contributed by atoms with Gasteiger partial charge in [-0.2, -0.15) is 0 Å². The molecular formula is C20H33N3O2. The molecule has 0 bridgehead atoms. The maximum absolute atomic E-state index is 12.7. The Labute approximate surface area is 152 Å². The molecular weight excluding hydrogens is 314 g/mol. The molecule has 5 nitrogen and oxygen atoms in total. The molecule has 0 aromatic heterocycles. The number of benzene rings is 1. The number of nitrogens with zero attached hydrogens (tertiary/aromatic N) is 1. The lowest BCUT2D eigenvalue weighted by Gasteiger charge is -2.23. The molecule has 2 N–H and O–H groups in total. The largest absolute Gasteiger partial charge is 0.383 e. The molecule has 1 saturated heterocycles. The third-order valence-electron chi connectivity index (χ3n) is 5.00. The van der Waals surface area contributed by atoms with E-state index in [-0.39, 0.29) is 11.9 Å². The fraction of sp³-hybridized carbons (Fsp3) is 0.650. The highest BCUT2D eigenvalue weighted by Crippen LogP contribution is 2.22. The number of likely N-dealkylation sites (tertiary alicyclic amines) is 1. The van der Waals surface area contributed by atoms with Crippen molar-refractivity contribution >= 4 is 5.91 Å². The van der Waals surface area contributed by atoms with Crippen molar-refractivity contribution in [3.63, 3.8) is 0 Å². The summed E-state index contributed by atoms with van der Waals surface area (Å²) in [4.78, 5) is 15.0. The minimum atomic E-state index is -0.0797. The Balaban J connectivity index is 2.01. The molecule has 1 aromatic carbocycles. The SMILES string of the molecule is CCC(CC)N[C@H]1C[C@@H](C(=O)NCCOC)N(Cc2ccccc2)C1. The number of hydrogen-bond donors (Lipinski definition) is 2. The van der Waals surface area contributed by atoms with Crippen LogP contribution in [0.1, 0.15) is 38.7 Å². The van der Waals surface area contributed by atoms with Crippen molar-refractivity contribution in [2.75, 3.05) is 26.8 Å². The first-order valence-corrected chi connectivity index (χ1v) is 9.48. The van der Waals surface area contributed by atoms with Crippen molar-refractivity contribution in [3.05, 3.63) is 35.9 Å². The summed E-state index contributed by atoms with van der Waals surface area (Å²) in [5.74, 6) is 0.113. The Bertz CT molecular complexity index is 505. The molecule has 1 aromatic rings. The molecule has 140 valence electrons. The van der Waals surface area contributed by atoms with Gasteiger partial charge in [0.25, 0.3) is 0 Å². The van der Waals surface area contributed by atoms with Crippen LogP contribution in [0.15, 0.2) is 30.3 Å². The monoisotopic (exact) mass is 347 g/mol. The van der Waals surface area contributed by atoms with E-state index in [9.17, 15) is 4.79 Å². The van der Waals surface area contributed by atoms with Gasteiger partial charge in [0.05, 0.1) is 12.6 Å². The van der Waals surface area contributed by atoms with Gasteiger partial charge in [-0.1, -0.05) is 44.2 Å². The zero-order valence-electron chi connectivity index (χ0n) is 15.8. The topological polar surface area (TPSA) is 53.6 Å². The molecule has 0 radical (unpaired) electrons. The Hall–Kier alpha value is -1.43. The molecule has 1 aliphatic rings. The Kier molecular flexibility index (Phi) is 8.38. The molecule has 0 unspecified atom stereocenters. The normalized spacial score (nSPS) is 21.0. The number of nitrogens with one attached hydrogen (secondary N) is 2. The fourth-order valence-corrected chi connectivity index (χ4v) is 3.54. The zero-order chi connectivity index (χ0) is 18.1. The molecule has 1 fully saturated rings. The molecule has 1 heterocycles. The van der Waals surface area contributed by atoms with E-state index in [1.807, 2.05) is 6.07 Å². The smallest absolute Gasteiger partial charge is 0.237 e. The second-order valence-corrected chi connectivity index (χ2v) is 6.83. The first-order valence-electron chi connectivity index (χ1n) is 9.48. The molecule has 2 rings (SSSR count). The average molecular weight is 348 g/mol. The zero-order valence-corrected chi connectivity index (χ0v) is 15.8. The summed E-state index contributed by atoms with van der Waals surface area (Å²) in [6.07, 6.45) is 3.11. The van der Waals surface area contributed by atoms with Crippen molar-refractivity contribution < 1.29 is 9.53 Å². The summed E-state index contributed by atoms with van der Waals surface area (Å²) >= 11 is 0. The lowest BCUT2D eigenvalue weighted by atomic mass is 10.1. The van der Waals surface area contributed by atoms with Crippen molar-refractivity contribution in [1.29, 1.82) is 0 Å².